The number of hydrogen-bond acceptors (Lipinski definition) is 5. The highest BCUT2D eigenvalue weighted by atomic mass is 19.3. The molecule has 1 heterocycles. The van der Waals surface area contributed by atoms with Crippen LogP contribution in [0.15, 0.2) is 28.9 Å². The topological polar surface area (TPSA) is 73.6 Å². The van der Waals surface area contributed by atoms with Crippen LogP contribution in [0.3, 0.4) is 0 Å². The number of amides is 1. The van der Waals surface area contributed by atoms with Gasteiger partial charge in [-0.1, -0.05) is 6.42 Å². The van der Waals surface area contributed by atoms with Gasteiger partial charge in [0.25, 0.3) is 0 Å². The summed E-state index contributed by atoms with van der Waals surface area (Å²) in [7, 11) is 0. The van der Waals surface area contributed by atoms with Crippen LogP contribution in [0.25, 0.3) is 11.5 Å². The zero-order chi connectivity index (χ0) is 17.6. The van der Waals surface area contributed by atoms with Gasteiger partial charge in [-0.05, 0) is 37.0 Å². The molecule has 25 heavy (non-hydrogen) atoms. The van der Waals surface area contributed by atoms with Crippen LogP contribution in [0.1, 0.15) is 25.0 Å². The number of benzene rings is 1. The Kier molecular flexibility index (Phi) is 5.47. The molecule has 1 aliphatic rings. The number of aromatic nitrogens is 1. The Hall–Kier alpha value is -2.64. The summed E-state index contributed by atoms with van der Waals surface area (Å²) < 4.78 is 40.7. The van der Waals surface area contributed by atoms with Crippen LogP contribution in [0.4, 0.5) is 8.78 Å². The quantitative estimate of drug-likeness (QED) is 0.701. The average Bonchev–Trinajstić information content (AvgIpc) is 3.01. The molecule has 0 spiro atoms. The lowest BCUT2D eigenvalue weighted by atomic mass is 9.86. The van der Waals surface area contributed by atoms with Crippen molar-refractivity contribution in [3.8, 4) is 23.0 Å². The SMILES string of the molecule is O=CNCc1coc(-c2ccc(OC(F)F)c(OCC3CCC3)c2)n1. The molecule has 1 amide bonds. The zero-order valence-electron chi connectivity index (χ0n) is 13.4. The number of halogens is 2. The van der Waals surface area contributed by atoms with Gasteiger partial charge in [-0.3, -0.25) is 4.79 Å². The van der Waals surface area contributed by atoms with Crippen LogP contribution in [0.5, 0.6) is 11.5 Å². The standard InChI is InChI=1S/C17H18F2N2O4/c18-17(19)25-14-5-4-12(6-15(14)23-8-11-2-1-3-11)16-21-13(9-24-16)7-20-10-22/h4-6,9-11,17H,1-3,7-8H2,(H,20,22). The van der Waals surface area contributed by atoms with Crippen molar-refractivity contribution in [3.05, 3.63) is 30.2 Å². The highest BCUT2D eigenvalue weighted by molar-refractivity contribution is 5.60. The second-order valence-electron chi connectivity index (χ2n) is 5.79. The van der Waals surface area contributed by atoms with E-state index < -0.39 is 6.61 Å². The first kappa shape index (κ1) is 17.2. The number of carbonyl (C=O) groups is 1. The van der Waals surface area contributed by atoms with Crippen molar-refractivity contribution in [2.24, 2.45) is 5.92 Å². The molecule has 134 valence electrons. The van der Waals surface area contributed by atoms with Gasteiger partial charge in [-0.15, -0.1) is 0 Å². The first-order chi connectivity index (χ1) is 12.2. The number of rotatable bonds is 9. The van der Waals surface area contributed by atoms with Crippen LogP contribution in [0, 0.1) is 5.92 Å². The van der Waals surface area contributed by atoms with Gasteiger partial charge in [0, 0.05) is 5.56 Å². The predicted octanol–water partition coefficient (Wildman–Crippen LogP) is 3.37. The third-order valence-corrected chi connectivity index (χ3v) is 4.02. The molecule has 1 aromatic carbocycles. The second-order valence-corrected chi connectivity index (χ2v) is 5.79. The molecule has 0 aliphatic heterocycles. The molecular formula is C17H18F2N2O4. The number of nitrogens with zero attached hydrogens (tertiary/aromatic N) is 1. The summed E-state index contributed by atoms with van der Waals surface area (Å²) in [5.74, 6) is 0.966. The lowest BCUT2D eigenvalue weighted by molar-refractivity contribution is -0.109. The van der Waals surface area contributed by atoms with Gasteiger partial charge >= 0.3 is 6.61 Å². The molecule has 8 heteroatoms. The van der Waals surface area contributed by atoms with Crippen LogP contribution in [0.2, 0.25) is 0 Å². The van der Waals surface area contributed by atoms with E-state index in [9.17, 15) is 13.6 Å². The van der Waals surface area contributed by atoms with E-state index in [1.54, 1.807) is 12.1 Å². The Bertz CT molecular complexity index is 716. The summed E-state index contributed by atoms with van der Waals surface area (Å²) in [6.07, 6.45) is 5.32. The van der Waals surface area contributed by atoms with Gasteiger partial charge in [-0.2, -0.15) is 8.78 Å². The Morgan fingerprint density at radius 1 is 1.36 bits per heavy atom. The first-order valence-electron chi connectivity index (χ1n) is 7.99. The number of hydrogen-bond donors (Lipinski definition) is 1. The Morgan fingerprint density at radius 2 is 2.20 bits per heavy atom. The summed E-state index contributed by atoms with van der Waals surface area (Å²) in [6.45, 7) is -2.23. The minimum atomic E-state index is -2.93. The summed E-state index contributed by atoms with van der Waals surface area (Å²) in [6, 6.07) is 4.54. The van der Waals surface area contributed by atoms with E-state index in [-0.39, 0.29) is 18.0 Å². The Balaban J connectivity index is 1.78. The molecular weight excluding hydrogens is 334 g/mol. The van der Waals surface area contributed by atoms with E-state index in [2.05, 4.69) is 15.0 Å². The highest BCUT2D eigenvalue weighted by Gasteiger charge is 2.20. The van der Waals surface area contributed by atoms with Crippen LogP contribution in [-0.4, -0.2) is 24.6 Å². The molecule has 0 atom stereocenters. The minimum Gasteiger partial charge on any atom is -0.489 e. The molecule has 0 unspecified atom stereocenters. The maximum absolute atomic E-state index is 12.6. The van der Waals surface area contributed by atoms with Crippen molar-refractivity contribution in [2.75, 3.05) is 6.61 Å². The van der Waals surface area contributed by atoms with Gasteiger partial charge in [0.2, 0.25) is 12.3 Å². The van der Waals surface area contributed by atoms with E-state index in [1.165, 1.54) is 18.8 Å². The smallest absolute Gasteiger partial charge is 0.387 e. The van der Waals surface area contributed by atoms with E-state index >= 15 is 0 Å². The number of oxazole rings is 1. The summed E-state index contributed by atoms with van der Waals surface area (Å²) in [5, 5.41) is 2.49. The maximum atomic E-state index is 12.6. The molecule has 0 bridgehead atoms. The number of alkyl halides is 2. The Morgan fingerprint density at radius 3 is 2.88 bits per heavy atom. The van der Waals surface area contributed by atoms with Crippen LogP contribution >= 0.6 is 0 Å². The molecule has 2 aromatic rings. The maximum Gasteiger partial charge on any atom is 0.387 e. The van der Waals surface area contributed by atoms with E-state index in [0.717, 1.165) is 12.8 Å². The third-order valence-electron chi connectivity index (χ3n) is 4.02. The molecule has 3 rings (SSSR count). The molecule has 1 aromatic heterocycles. The van der Waals surface area contributed by atoms with Crippen LogP contribution in [-0.2, 0) is 11.3 Å². The summed E-state index contributed by atoms with van der Waals surface area (Å²) in [5.41, 5.74) is 1.12. The fraction of sp³-hybridized carbons (Fsp3) is 0.412. The lowest BCUT2D eigenvalue weighted by Gasteiger charge is -2.25. The molecule has 1 N–H and O–H groups in total. The molecule has 0 saturated heterocycles. The van der Waals surface area contributed by atoms with Crippen LogP contribution < -0.4 is 14.8 Å². The van der Waals surface area contributed by atoms with Gasteiger partial charge < -0.3 is 19.2 Å². The zero-order valence-corrected chi connectivity index (χ0v) is 13.4. The van der Waals surface area contributed by atoms with Gasteiger partial charge in [-0.25, -0.2) is 4.98 Å². The van der Waals surface area contributed by atoms with Crippen molar-refractivity contribution in [1.82, 2.24) is 10.3 Å². The van der Waals surface area contributed by atoms with Crippen molar-refractivity contribution < 1.29 is 27.5 Å². The van der Waals surface area contributed by atoms with E-state index in [0.29, 0.717) is 36.1 Å². The molecule has 1 saturated carbocycles. The first-order valence-corrected chi connectivity index (χ1v) is 7.99. The second kappa shape index (κ2) is 7.96. The molecule has 0 radical (unpaired) electrons. The fourth-order valence-corrected chi connectivity index (χ4v) is 2.48. The molecule has 1 aliphatic carbocycles. The van der Waals surface area contributed by atoms with Crippen molar-refractivity contribution in [2.45, 2.75) is 32.4 Å². The number of carbonyl (C=O) groups excluding carboxylic acids is 1. The number of nitrogens with one attached hydrogen (secondary N) is 1. The van der Waals surface area contributed by atoms with Crippen molar-refractivity contribution in [1.29, 1.82) is 0 Å². The number of ether oxygens (including phenoxy) is 2. The minimum absolute atomic E-state index is 0.0209. The van der Waals surface area contributed by atoms with Crippen molar-refractivity contribution in [3.63, 3.8) is 0 Å². The Labute approximate surface area is 143 Å². The predicted molar refractivity (Wildman–Crippen MR) is 84.3 cm³/mol. The fourth-order valence-electron chi connectivity index (χ4n) is 2.48. The summed E-state index contributed by atoms with van der Waals surface area (Å²) >= 11 is 0. The third kappa shape index (κ3) is 4.46. The van der Waals surface area contributed by atoms with Gasteiger partial charge in [0.15, 0.2) is 11.5 Å². The molecule has 6 nitrogen and oxygen atoms in total. The lowest BCUT2D eigenvalue weighted by Crippen LogP contribution is -2.19. The van der Waals surface area contributed by atoms with Crippen molar-refractivity contribution >= 4 is 6.41 Å². The van der Waals surface area contributed by atoms with Gasteiger partial charge in [0.05, 0.1) is 18.8 Å². The largest absolute Gasteiger partial charge is 0.489 e. The normalized spacial score (nSPS) is 14.2. The van der Waals surface area contributed by atoms with E-state index in [1.807, 2.05) is 0 Å². The monoisotopic (exact) mass is 352 g/mol. The summed E-state index contributed by atoms with van der Waals surface area (Å²) in [4.78, 5) is 14.6. The highest BCUT2D eigenvalue weighted by Crippen LogP contribution is 2.35. The van der Waals surface area contributed by atoms with Gasteiger partial charge in [0.1, 0.15) is 6.26 Å². The molecule has 1 fully saturated rings. The van der Waals surface area contributed by atoms with E-state index in [4.69, 9.17) is 9.15 Å². The average molecular weight is 352 g/mol.